The van der Waals surface area contributed by atoms with Gasteiger partial charge in [0, 0.05) is 12.6 Å². The van der Waals surface area contributed by atoms with E-state index in [1.54, 1.807) is 0 Å². The Hall–Kier alpha value is -1.60. The van der Waals surface area contributed by atoms with Gasteiger partial charge in [0.05, 0.1) is 18.2 Å². The molecule has 2 N–H and O–H groups in total. The largest absolute Gasteiger partial charge is 0.416 e. The highest BCUT2D eigenvalue weighted by Gasteiger charge is 2.31. The van der Waals surface area contributed by atoms with E-state index in [1.165, 1.54) is 12.1 Å². The number of amides is 1. The highest BCUT2D eigenvalue weighted by molar-refractivity contribution is 5.78. The Labute approximate surface area is 133 Å². The summed E-state index contributed by atoms with van der Waals surface area (Å²) in [5.74, 6) is -0.232. The normalized spacial score (nSPS) is 20.5. The maximum Gasteiger partial charge on any atom is 0.416 e. The summed E-state index contributed by atoms with van der Waals surface area (Å²) in [7, 11) is 0. The number of aliphatic hydroxyl groups is 1. The van der Waals surface area contributed by atoms with E-state index < -0.39 is 17.8 Å². The molecule has 1 amide bonds. The molecule has 1 aliphatic rings. The van der Waals surface area contributed by atoms with Crippen molar-refractivity contribution in [1.82, 2.24) is 10.2 Å². The predicted molar refractivity (Wildman–Crippen MR) is 79.7 cm³/mol. The van der Waals surface area contributed by atoms with Crippen LogP contribution in [0.15, 0.2) is 24.3 Å². The van der Waals surface area contributed by atoms with Gasteiger partial charge >= 0.3 is 6.18 Å². The van der Waals surface area contributed by atoms with Gasteiger partial charge in [-0.25, -0.2) is 0 Å². The van der Waals surface area contributed by atoms with Crippen molar-refractivity contribution < 1.29 is 23.1 Å². The first-order chi connectivity index (χ1) is 10.8. The van der Waals surface area contributed by atoms with Gasteiger partial charge < -0.3 is 10.4 Å². The van der Waals surface area contributed by atoms with Crippen molar-refractivity contribution in [2.24, 2.45) is 0 Å². The second kappa shape index (κ2) is 7.31. The van der Waals surface area contributed by atoms with Crippen molar-refractivity contribution in [2.45, 2.75) is 38.1 Å². The van der Waals surface area contributed by atoms with E-state index in [0.717, 1.165) is 31.5 Å². The van der Waals surface area contributed by atoms with Crippen LogP contribution in [0.25, 0.3) is 0 Å². The third-order valence-electron chi connectivity index (χ3n) is 4.13. The molecule has 1 saturated heterocycles. The molecule has 0 spiro atoms. The molecule has 1 aromatic rings. The molecule has 2 atom stereocenters. The first-order valence-corrected chi connectivity index (χ1v) is 7.63. The molecule has 128 valence electrons. The van der Waals surface area contributed by atoms with Gasteiger partial charge in [-0.1, -0.05) is 12.1 Å². The standard InChI is InChI=1S/C16H21F3N2O2/c1-11-4-3-7-21(11)10-15(23)20-9-14(22)12-5-2-6-13(8-12)16(17,18)19/h2,5-6,8,11,14,22H,3-4,7,9-10H2,1H3,(H,20,23)/t11-,14+/m0/s1. The van der Waals surface area contributed by atoms with Crippen LogP contribution in [0.5, 0.6) is 0 Å². The van der Waals surface area contributed by atoms with E-state index >= 15 is 0 Å². The molecule has 23 heavy (non-hydrogen) atoms. The van der Waals surface area contributed by atoms with Crippen molar-refractivity contribution in [3.05, 3.63) is 35.4 Å². The van der Waals surface area contributed by atoms with Crippen LogP contribution in [0.3, 0.4) is 0 Å². The van der Waals surface area contributed by atoms with Crippen LogP contribution in [-0.4, -0.2) is 41.6 Å². The lowest BCUT2D eigenvalue weighted by atomic mass is 10.1. The zero-order valence-corrected chi connectivity index (χ0v) is 12.9. The average Bonchev–Trinajstić information content (AvgIpc) is 2.89. The Morgan fingerprint density at radius 2 is 2.22 bits per heavy atom. The number of alkyl halides is 3. The fourth-order valence-corrected chi connectivity index (χ4v) is 2.72. The van der Waals surface area contributed by atoms with Crippen LogP contribution >= 0.6 is 0 Å². The molecule has 0 radical (unpaired) electrons. The summed E-state index contributed by atoms with van der Waals surface area (Å²) in [4.78, 5) is 13.9. The maximum absolute atomic E-state index is 12.7. The summed E-state index contributed by atoms with van der Waals surface area (Å²) < 4.78 is 38.0. The van der Waals surface area contributed by atoms with Crippen molar-refractivity contribution >= 4 is 5.91 Å². The van der Waals surface area contributed by atoms with Gasteiger partial charge in [0.25, 0.3) is 0 Å². The molecule has 0 aromatic heterocycles. The van der Waals surface area contributed by atoms with Gasteiger partial charge in [-0.3, -0.25) is 9.69 Å². The van der Waals surface area contributed by atoms with Crippen LogP contribution in [0.2, 0.25) is 0 Å². The molecule has 0 unspecified atom stereocenters. The smallest absolute Gasteiger partial charge is 0.387 e. The topological polar surface area (TPSA) is 52.6 Å². The number of halogens is 3. The quantitative estimate of drug-likeness (QED) is 0.871. The average molecular weight is 330 g/mol. The van der Waals surface area contributed by atoms with Crippen molar-refractivity contribution in [2.75, 3.05) is 19.6 Å². The number of benzene rings is 1. The van der Waals surface area contributed by atoms with Crippen LogP contribution in [0.1, 0.15) is 37.0 Å². The van der Waals surface area contributed by atoms with Gasteiger partial charge in [-0.05, 0) is 44.0 Å². The Bertz CT molecular complexity index is 548. The molecule has 1 aliphatic heterocycles. The van der Waals surface area contributed by atoms with Crippen LogP contribution in [0, 0.1) is 0 Å². The monoisotopic (exact) mass is 330 g/mol. The Balaban J connectivity index is 1.87. The highest BCUT2D eigenvalue weighted by Crippen LogP contribution is 2.30. The highest BCUT2D eigenvalue weighted by atomic mass is 19.4. The molecular formula is C16H21F3N2O2. The van der Waals surface area contributed by atoms with Gasteiger partial charge in [0.2, 0.25) is 5.91 Å². The molecule has 7 heteroatoms. The second-order valence-corrected chi connectivity index (χ2v) is 5.90. The number of hydrogen-bond acceptors (Lipinski definition) is 3. The number of aliphatic hydroxyl groups excluding tert-OH is 1. The predicted octanol–water partition coefficient (Wildman–Crippen LogP) is 2.34. The Kier molecular flexibility index (Phi) is 5.64. The lowest BCUT2D eigenvalue weighted by molar-refractivity contribution is -0.137. The van der Waals surface area contributed by atoms with E-state index in [0.29, 0.717) is 6.04 Å². The Morgan fingerprint density at radius 1 is 1.48 bits per heavy atom. The molecule has 4 nitrogen and oxygen atoms in total. The van der Waals surface area contributed by atoms with Gasteiger partial charge in [0.15, 0.2) is 0 Å². The summed E-state index contributed by atoms with van der Waals surface area (Å²) >= 11 is 0. The summed E-state index contributed by atoms with van der Waals surface area (Å²) in [6.45, 7) is 3.06. The molecule has 2 rings (SSSR count). The minimum atomic E-state index is -4.45. The molecule has 1 heterocycles. The van der Waals surface area contributed by atoms with Gasteiger partial charge in [-0.2, -0.15) is 13.2 Å². The summed E-state index contributed by atoms with van der Waals surface area (Å²) in [5, 5.41) is 12.6. The fourth-order valence-electron chi connectivity index (χ4n) is 2.72. The lowest BCUT2D eigenvalue weighted by Crippen LogP contribution is -2.40. The first kappa shape index (κ1) is 17.7. The number of nitrogens with one attached hydrogen (secondary N) is 1. The van der Waals surface area contributed by atoms with Crippen LogP contribution in [-0.2, 0) is 11.0 Å². The molecule has 0 saturated carbocycles. The first-order valence-electron chi connectivity index (χ1n) is 7.63. The maximum atomic E-state index is 12.7. The third kappa shape index (κ3) is 4.94. The van der Waals surface area contributed by atoms with Crippen LogP contribution in [0.4, 0.5) is 13.2 Å². The molecule has 1 aromatic carbocycles. The van der Waals surface area contributed by atoms with Crippen LogP contribution < -0.4 is 5.32 Å². The third-order valence-corrected chi connectivity index (χ3v) is 4.13. The summed E-state index contributed by atoms with van der Waals surface area (Å²) in [6, 6.07) is 4.86. The molecule has 1 fully saturated rings. The van der Waals surface area contributed by atoms with E-state index in [9.17, 15) is 23.1 Å². The van der Waals surface area contributed by atoms with Crippen molar-refractivity contribution in [1.29, 1.82) is 0 Å². The van der Waals surface area contributed by atoms with Gasteiger partial charge in [0.1, 0.15) is 0 Å². The number of carbonyl (C=O) groups excluding carboxylic acids is 1. The number of rotatable bonds is 5. The second-order valence-electron chi connectivity index (χ2n) is 5.90. The molecule has 0 bridgehead atoms. The summed E-state index contributed by atoms with van der Waals surface area (Å²) in [6.07, 6.45) is -3.51. The minimum Gasteiger partial charge on any atom is -0.387 e. The minimum absolute atomic E-state index is 0.109. The number of likely N-dealkylation sites (tertiary alicyclic amines) is 1. The number of nitrogens with zero attached hydrogens (tertiary/aromatic N) is 1. The SMILES string of the molecule is C[C@H]1CCCN1CC(=O)NC[C@@H](O)c1cccc(C(F)(F)F)c1. The summed E-state index contributed by atoms with van der Waals surface area (Å²) in [5.41, 5.74) is -0.680. The Morgan fingerprint density at radius 3 is 2.83 bits per heavy atom. The van der Waals surface area contributed by atoms with E-state index in [4.69, 9.17) is 0 Å². The lowest BCUT2D eigenvalue weighted by Gasteiger charge is -2.21. The van der Waals surface area contributed by atoms with E-state index in [-0.39, 0.29) is 24.6 Å². The van der Waals surface area contributed by atoms with Gasteiger partial charge in [-0.15, -0.1) is 0 Å². The number of hydrogen-bond donors (Lipinski definition) is 2. The zero-order valence-electron chi connectivity index (χ0n) is 12.9. The zero-order chi connectivity index (χ0) is 17.0. The van der Waals surface area contributed by atoms with E-state index in [2.05, 4.69) is 12.2 Å². The van der Waals surface area contributed by atoms with Crippen molar-refractivity contribution in [3.8, 4) is 0 Å². The fraction of sp³-hybridized carbons (Fsp3) is 0.562. The van der Waals surface area contributed by atoms with E-state index in [1.807, 2.05) is 4.90 Å². The molecular weight excluding hydrogens is 309 g/mol. The van der Waals surface area contributed by atoms with Crippen molar-refractivity contribution in [3.63, 3.8) is 0 Å². The number of carbonyl (C=O) groups is 1. The molecule has 0 aliphatic carbocycles.